The third-order valence-corrected chi connectivity index (χ3v) is 3.77. The molecule has 0 spiro atoms. The van der Waals surface area contributed by atoms with Crippen LogP contribution >= 0.6 is 0 Å². The second kappa shape index (κ2) is 6.12. The predicted molar refractivity (Wildman–Crippen MR) is 78.6 cm³/mol. The van der Waals surface area contributed by atoms with E-state index in [4.69, 9.17) is 0 Å². The molecule has 21 heavy (non-hydrogen) atoms. The van der Waals surface area contributed by atoms with Crippen LogP contribution in [0.4, 0.5) is 24.8 Å². The van der Waals surface area contributed by atoms with Gasteiger partial charge in [0.15, 0.2) is 0 Å². The molecule has 0 bridgehead atoms. The first-order chi connectivity index (χ1) is 9.81. The number of pyridine rings is 1. The fraction of sp³-hybridized carbons (Fsp3) is 0.667. The number of hydrogen-bond donors (Lipinski definition) is 1. The average molecular weight is 301 g/mol. The van der Waals surface area contributed by atoms with Crippen LogP contribution in [0.25, 0.3) is 0 Å². The highest BCUT2D eigenvalue weighted by Crippen LogP contribution is 2.35. The summed E-state index contributed by atoms with van der Waals surface area (Å²) in [5, 5.41) is 2.96. The molecule has 2 unspecified atom stereocenters. The maximum atomic E-state index is 13.1. The summed E-state index contributed by atoms with van der Waals surface area (Å²) < 4.78 is 39.2. The zero-order valence-corrected chi connectivity index (χ0v) is 12.7. The lowest BCUT2D eigenvalue weighted by Gasteiger charge is -2.24. The lowest BCUT2D eigenvalue weighted by molar-refractivity contribution is -0.137. The molecule has 2 heterocycles. The van der Waals surface area contributed by atoms with Gasteiger partial charge in [0.05, 0.1) is 5.56 Å². The Balaban J connectivity index is 2.35. The van der Waals surface area contributed by atoms with E-state index in [-0.39, 0.29) is 6.04 Å². The summed E-state index contributed by atoms with van der Waals surface area (Å²) in [4.78, 5) is 6.34. The Kier molecular flexibility index (Phi) is 4.64. The van der Waals surface area contributed by atoms with Crippen molar-refractivity contribution in [2.45, 2.75) is 45.8 Å². The Hall–Kier alpha value is -1.46. The monoisotopic (exact) mass is 301 g/mol. The first kappa shape index (κ1) is 15.9. The molecule has 0 saturated carbocycles. The van der Waals surface area contributed by atoms with Crippen LogP contribution in [-0.2, 0) is 6.18 Å². The Labute approximate surface area is 123 Å². The lowest BCUT2D eigenvalue weighted by Crippen LogP contribution is -2.28. The summed E-state index contributed by atoms with van der Waals surface area (Å²) in [6, 6.07) is 2.46. The topological polar surface area (TPSA) is 28.2 Å². The number of hydrogen-bond acceptors (Lipinski definition) is 3. The Morgan fingerprint density at radius 1 is 1.33 bits per heavy atom. The predicted octanol–water partition coefficient (Wildman–Crippen LogP) is 4.16. The first-order valence-electron chi connectivity index (χ1n) is 7.41. The fourth-order valence-corrected chi connectivity index (χ4v) is 2.79. The van der Waals surface area contributed by atoms with Crippen molar-refractivity contribution in [3.8, 4) is 0 Å². The SMILES string of the molecule is CCCNc1cc(C(F)(F)F)cc(N2CC(C)CC2C)n1. The van der Waals surface area contributed by atoms with E-state index in [0.29, 0.717) is 24.1 Å². The van der Waals surface area contributed by atoms with Crippen molar-refractivity contribution in [2.24, 2.45) is 5.92 Å². The fourth-order valence-electron chi connectivity index (χ4n) is 2.79. The third kappa shape index (κ3) is 3.80. The van der Waals surface area contributed by atoms with E-state index in [1.807, 2.05) is 18.7 Å². The third-order valence-electron chi connectivity index (χ3n) is 3.77. The minimum Gasteiger partial charge on any atom is -0.370 e. The molecule has 1 saturated heterocycles. The van der Waals surface area contributed by atoms with Gasteiger partial charge in [-0.3, -0.25) is 0 Å². The Bertz CT molecular complexity index is 488. The molecule has 0 amide bonds. The second-order valence-electron chi connectivity index (χ2n) is 5.87. The van der Waals surface area contributed by atoms with Crippen molar-refractivity contribution in [3.63, 3.8) is 0 Å². The van der Waals surface area contributed by atoms with E-state index < -0.39 is 11.7 Å². The minimum atomic E-state index is -4.35. The van der Waals surface area contributed by atoms with Crippen molar-refractivity contribution in [3.05, 3.63) is 17.7 Å². The highest BCUT2D eigenvalue weighted by atomic mass is 19.4. The van der Waals surface area contributed by atoms with Gasteiger partial charge in [-0.1, -0.05) is 13.8 Å². The zero-order chi connectivity index (χ0) is 15.6. The van der Waals surface area contributed by atoms with Crippen molar-refractivity contribution in [1.29, 1.82) is 0 Å². The maximum Gasteiger partial charge on any atom is 0.416 e. The first-order valence-corrected chi connectivity index (χ1v) is 7.41. The molecule has 1 aromatic rings. The van der Waals surface area contributed by atoms with Crippen LogP contribution in [0.15, 0.2) is 12.1 Å². The van der Waals surface area contributed by atoms with Crippen LogP contribution < -0.4 is 10.2 Å². The summed E-state index contributed by atoms with van der Waals surface area (Å²) in [5.74, 6) is 1.19. The quantitative estimate of drug-likeness (QED) is 0.905. The summed E-state index contributed by atoms with van der Waals surface area (Å²) in [6.45, 7) is 7.47. The lowest BCUT2D eigenvalue weighted by atomic mass is 10.1. The number of anilines is 2. The zero-order valence-electron chi connectivity index (χ0n) is 12.7. The standard InChI is InChI=1S/C15H22F3N3/c1-4-5-19-13-7-12(15(16,17)18)8-14(20-13)21-9-10(2)6-11(21)3/h7-8,10-11H,4-6,9H2,1-3H3,(H,19,20). The van der Waals surface area contributed by atoms with Gasteiger partial charge < -0.3 is 10.2 Å². The van der Waals surface area contributed by atoms with Gasteiger partial charge in [-0.25, -0.2) is 4.98 Å². The van der Waals surface area contributed by atoms with Gasteiger partial charge in [0.2, 0.25) is 0 Å². The molecule has 118 valence electrons. The largest absolute Gasteiger partial charge is 0.416 e. The van der Waals surface area contributed by atoms with E-state index in [9.17, 15) is 13.2 Å². The molecular formula is C15H22F3N3. The molecule has 1 fully saturated rings. The molecule has 0 radical (unpaired) electrons. The van der Waals surface area contributed by atoms with Crippen LogP contribution in [0, 0.1) is 5.92 Å². The highest BCUT2D eigenvalue weighted by Gasteiger charge is 2.34. The smallest absolute Gasteiger partial charge is 0.370 e. The van der Waals surface area contributed by atoms with Crippen molar-refractivity contribution in [1.82, 2.24) is 4.98 Å². The molecule has 6 heteroatoms. The Morgan fingerprint density at radius 3 is 2.57 bits per heavy atom. The van der Waals surface area contributed by atoms with E-state index in [2.05, 4.69) is 17.2 Å². The van der Waals surface area contributed by atoms with Gasteiger partial charge >= 0.3 is 6.18 Å². The van der Waals surface area contributed by atoms with Gasteiger partial charge in [0.25, 0.3) is 0 Å². The molecule has 1 aliphatic heterocycles. The normalized spacial score (nSPS) is 22.7. The van der Waals surface area contributed by atoms with Crippen LogP contribution in [0.1, 0.15) is 39.2 Å². The summed E-state index contributed by atoms with van der Waals surface area (Å²) >= 11 is 0. The molecule has 1 N–H and O–H groups in total. The molecule has 2 atom stereocenters. The number of rotatable bonds is 4. The molecular weight excluding hydrogens is 279 g/mol. The number of aromatic nitrogens is 1. The van der Waals surface area contributed by atoms with Gasteiger partial charge in [-0.05, 0) is 37.8 Å². The summed E-state index contributed by atoms with van der Waals surface area (Å²) in [6.07, 6.45) is -2.53. The van der Waals surface area contributed by atoms with Gasteiger partial charge in [0.1, 0.15) is 11.6 Å². The van der Waals surface area contributed by atoms with Gasteiger partial charge in [-0.2, -0.15) is 13.2 Å². The average Bonchev–Trinajstić information content (AvgIpc) is 2.74. The van der Waals surface area contributed by atoms with Gasteiger partial charge in [-0.15, -0.1) is 0 Å². The number of nitrogens with zero attached hydrogens (tertiary/aromatic N) is 2. The van der Waals surface area contributed by atoms with E-state index in [1.54, 1.807) is 0 Å². The van der Waals surface area contributed by atoms with Crippen LogP contribution in [0.2, 0.25) is 0 Å². The number of alkyl halides is 3. The highest BCUT2D eigenvalue weighted by molar-refractivity contribution is 5.52. The van der Waals surface area contributed by atoms with Gasteiger partial charge in [0, 0.05) is 19.1 Å². The molecule has 2 rings (SSSR count). The number of nitrogens with one attached hydrogen (secondary N) is 1. The van der Waals surface area contributed by atoms with E-state index in [1.165, 1.54) is 0 Å². The Morgan fingerprint density at radius 2 is 2.05 bits per heavy atom. The van der Waals surface area contributed by atoms with Crippen LogP contribution in [-0.4, -0.2) is 24.1 Å². The molecule has 0 aliphatic carbocycles. The van der Waals surface area contributed by atoms with Crippen molar-refractivity contribution in [2.75, 3.05) is 23.3 Å². The van der Waals surface area contributed by atoms with E-state index >= 15 is 0 Å². The van der Waals surface area contributed by atoms with E-state index in [0.717, 1.165) is 31.5 Å². The van der Waals surface area contributed by atoms with Crippen LogP contribution in [0.5, 0.6) is 0 Å². The summed E-state index contributed by atoms with van der Waals surface area (Å²) in [5.41, 5.74) is -0.641. The van der Waals surface area contributed by atoms with Crippen LogP contribution in [0.3, 0.4) is 0 Å². The molecule has 3 nitrogen and oxygen atoms in total. The second-order valence-corrected chi connectivity index (χ2v) is 5.87. The summed E-state index contributed by atoms with van der Waals surface area (Å²) in [7, 11) is 0. The minimum absolute atomic E-state index is 0.218. The maximum absolute atomic E-state index is 13.1. The molecule has 0 aromatic carbocycles. The number of halogens is 3. The van der Waals surface area contributed by atoms with Crippen molar-refractivity contribution >= 4 is 11.6 Å². The molecule has 1 aliphatic rings. The van der Waals surface area contributed by atoms with Crippen molar-refractivity contribution < 1.29 is 13.2 Å². The molecule has 1 aromatic heterocycles.